The number of nitrogens with zero attached hydrogens (tertiary/aromatic N) is 4. The van der Waals surface area contributed by atoms with Crippen molar-refractivity contribution in [2.45, 2.75) is 10.9 Å². The molecule has 124 valence electrons. The van der Waals surface area contributed by atoms with Gasteiger partial charge >= 0.3 is 6.03 Å². The number of carbonyl (C=O) groups excluding carboxylic acids is 1. The zero-order valence-electron chi connectivity index (χ0n) is 12.9. The first-order valence-electron chi connectivity index (χ1n) is 7.44. The molecule has 6 nitrogen and oxygen atoms in total. The average Bonchev–Trinajstić information content (AvgIpc) is 3.04. The first kappa shape index (κ1) is 15.9. The standard InChI is InChI=1S/C17H12ClN5OS/c18-14-13-8-20-23(16(19)24)15(13)22-17(21-14)25-9-11-6-3-5-10-4-1-2-7-12(10)11/h1-8H,9H2,(H2,19,24). The van der Waals surface area contributed by atoms with E-state index in [0.29, 0.717) is 21.9 Å². The van der Waals surface area contributed by atoms with Crippen LogP contribution in [0.15, 0.2) is 53.8 Å². The average molecular weight is 370 g/mol. The molecule has 0 fully saturated rings. The second kappa shape index (κ2) is 6.34. The van der Waals surface area contributed by atoms with E-state index in [0.717, 1.165) is 4.68 Å². The number of nitrogens with two attached hydrogens (primary N) is 1. The van der Waals surface area contributed by atoms with E-state index >= 15 is 0 Å². The first-order chi connectivity index (χ1) is 12.1. The molecule has 0 bridgehead atoms. The lowest BCUT2D eigenvalue weighted by Crippen LogP contribution is -2.21. The summed E-state index contributed by atoms with van der Waals surface area (Å²) in [6.07, 6.45) is 1.43. The van der Waals surface area contributed by atoms with Crippen LogP contribution in [0.1, 0.15) is 5.56 Å². The third-order valence-electron chi connectivity index (χ3n) is 3.81. The minimum atomic E-state index is -0.713. The van der Waals surface area contributed by atoms with Gasteiger partial charge in [0.2, 0.25) is 0 Å². The Hall–Kier alpha value is -2.64. The Kier molecular flexibility index (Phi) is 4.03. The van der Waals surface area contributed by atoms with Crippen LogP contribution in [0.2, 0.25) is 5.15 Å². The van der Waals surface area contributed by atoms with Gasteiger partial charge in [-0.15, -0.1) is 0 Å². The van der Waals surface area contributed by atoms with E-state index in [-0.39, 0.29) is 5.15 Å². The summed E-state index contributed by atoms with van der Waals surface area (Å²) in [6, 6.07) is 13.7. The van der Waals surface area contributed by atoms with E-state index in [9.17, 15) is 4.79 Å². The maximum Gasteiger partial charge on any atom is 0.341 e. The van der Waals surface area contributed by atoms with E-state index in [1.54, 1.807) is 0 Å². The number of thioether (sulfide) groups is 1. The van der Waals surface area contributed by atoms with Gasteiger partial charge in [0, 0.05) is 5.75 Å². The maximum absolute atomic E-state index is 11.4. The third-order valence-corrected chi connectivity index (χ3v) is 4.99. The molecule has 0 radical (unpaired) electrons. The second-order valence-electron chi connectivity index (χ2n) is 5.36. The van der Waals surface area contributed by atoms with Crippen LogP contribution in [0.3, 0.4) is 0 Å². The van der Waals surface area contributed by atoms with Crippen LogP contribution in [0.5, 0.6) is 0 Å². The van der Waals surface area contributed by atoms with Gasteiger partial charge in [0.05, 0.1) is 11.6 Å². The quantitative estimate of drug-likeness (QED) is 0.336. The molecule has 0 aliphatic heterocycles. The van der Waals surface area contributed by atoms with Gasteiger partial charge in [-0.3, -0.25) is 0 Å². The van der Waals surface area contributed by atoms with Crippen molar-refractivity contribution in [2.24, 2.45) is 5.73 Å². The molecule has 0 saturated heterocycles. The molecule has 0 aliphatic rings. The van der Waals surface area contributed by atoms with Gasteiger partial charge in [0.1, 0.15) is 5.15 Å². The number of halogens is 1. The minimum absolute atomic E-state index is 0.248. The number of amides is 1. The molecule has 0 saturated carbocycles. The summed E-state index contributed by atoms with van der Waals surface area (Å²) < 4.78 is 1.02. The molecule has 2 heterocycles. The number of carbonyl (C=O) groups is 1. The Balaban J connectivity index is 1.69. The van der Waals surface area contributed by atoms with Crippen LogP contribution in [0.25, 0.3) is 21.8 Å². The van der Waals surface area contributed by atoms with Crippen molar-refractivity contribution >= 4 is 51.2 Å². The van der Waals surface area contributed by atoms with Gasteiger partial charge in [0.25, 0.3) is 0 Å². The third kappa shape index (κ3) is 2.92. The highest BCUT2D eigenvalue weighted by Gasteiger charge is 2.15. The Morgan fingerprint density at radius 1 is 1.12 bits per heavy atom. The van der Waals surface area contributed by atoms with Crippen LogP contribution >= 0.6 is 23.4 Å². The topological polar surface area (TPSA) is 86.7 Å². The summed E-state index contributed by atoms with van der Waals surface area (Å²) in [6.45, 7) is 0. The van der Waals surface area contributed by atoms with E-state index < -0.39 is 6.03 Å². The number of fused-ring (bicyclic) bond motifs is 2. The van der Waals surface area contributed by atoms with Crippen molar-refractivity contribution in [1.29, 1.82) is 0 Å². The van der Waals surface area contributed by atoms with Gasteiger partial charge in [0.15, 0.2) is 10.8 Å². The van der Waals surface area contributed by atoms with Gasteiger partial charge in [-0.25, -0.2) is 14.8 Å². The Morgan fingerprint density at radius 2 is 1.92 bits per heavy atom. The summed E-state index contributed by atoms with van der Waals surface area (Å²) in [5.41, 5.74) is 6.79. The van der Waals surface area contributed by atoms with Gasteiger partial charge in [-0.2, -0.15) is 9.78 Å². The number of benzene rings is 2. The fourth-order valence-corrected chi connectivity index (χ4v) is 3.75. The zero-order valence-corrected chi connectivity index (χ0v) is 14.5. The lowest BCUT2D eigenvalue weighted by atomic mass is 10.1. The number of hydrogen-bond donors (Lipinski definition) is 1. The molecule has 0 atom stereocenters. The molecule has 25 heavy (non-hydrogen) atoms. The molecule has 2 aromatic carbocycles. The van der Waals surface area contributed by atoms with E-state index in [2.05, 4.69) is 39.3 Å². The highest BCUT2D eigenvalue weighted by Crippen LogP contribution is 2.28. The summed E-state index contributed by atoms with van der Waals surface area (Å²) in [7, 11) is 0. The van der Waals surface area contributed by atoms with Crippen molar-refractivity contribution in [3.63, 3.8) is 0 Å². The number of hydrogen-bond acceptors (Lipinski definition) is 5. The van der Waals surface area contributed by atoms with Crippen molar-refractivity contribution < 1.29 is 4.79 Å². The van der Waals surface area contributed by atoms with Crippen molar-refractivity contribution in [3.05, 3.63) is 59.4 Å². The van der Waals surface area contributed by atoms with Crippen LogP contribution < -0.4 is 5.73 Å². The van der Waals surface area contributed by atoms with Crippen molar-refractivity contribution in [1.82, 2.24) is 19.7 Å². The van der Waals surface area contributed by atoms with Crippen LogP contribution in [0.4, 0.5) is 4.79 Å². The van der Waals surface area contributed by atoms with Gasteiger partial charge in [-0.1, -0.05) is 65.8 Å². The highest BCUT2D eigenvalue weighted by atomic mass is 35.5. The number of rotatable bonds is 3. The summed E-state index contributed by atoms with van der Waals surface area (Å²) in [4.78, 5) is 20.1. The molecule has 0 aliphatic carbocycles. The minimum Gasteiger partial charge on any atom is -0.350 e. The van der Waals surface area contributed by atoms with E-state index in [4.69, 9.17) is 17.3 Å². The predicted octanol–water partition coefficient (Wildman–Crippen LogP) is 3.85. The highest BCUT2D eigenvalue weighted by molar-refractivity contribution is 7.98. The molecule has 0 unspecified atom stereocenters. The SMILES string of the molecule is NC(=O)n1ncc2c(Cl)nc(SCc3cccc4ccccc34)nc21. The second-order valence-corrected chi connectivity index (χ2v) is 6.66. The predicted molar refractivity (Wildman–Crippen MR) is 98.8 cm³/mol. The Labute approximate surface area is 152 Å². The monoisotopic (exact) mass is 369 g/mol. The zero-order chi connectivity index (χ0) is 17.4. The Bertz CT molecular complexity index is 1110. The van der Waals surface area contributed by atoms with Gasteiger partial charge < -0.3 is 5.73 Å². The molecular weight excluding hydrogens is 358 g/mol. The molecule has 2 aromatic heterocycles. The first-order valence-corrected chi connectivity index (χ1v) is 8.80. The van der Waals surface area contributed by atoms with Crippen LogP contribution in [-0.2, 0) is 5.75 Å². The fourth-order valence-electron chi connectivity index (χ4n) is 2.64. The largest absolute Gasteiger partial charge is 0.350 e. The van der Waals surface area contributed by atoms with E-state index in [1.807, 2.05) is 18.2 Å². The summed E-state index contributed by atoms with van der Waals surface area (Å²) >= 11 is 7.63. The normalized spacial score (nSPS) is 11.2. The molecule has 0 spiro atoms. The number of aromatic nitrogens is 4. The maximum atomic E-state index is 11.4. The lowest BCUT2D eigenvalue weighted by Gasteiger charge is -2.06. The summed E-state index contributed by atoms with van der Waals surface area (Å²) in [5.74, 6) is 0.675. The molecule has 4 aromatic rings. The molecule has 8 heteroatoms. The van der Waals surface area contributed by atoms with Crippen molar-refractivity contribution in [2.75, 3.05) is 0 Å². The van der Waals surface area contributed by atoms with Crippen molar-refractivity contribution in [3.8, 4) is 0 Å². The van der Waals surface area contributed by atoms with Crippen LogP contribution in [0, 0.1) is 0 Å². The molecule has 1 amide bonds. The van der Waals surface area contributed by atoms with E-state index in [1.165, 1.54) is 34.3 Å². The molecular formula is C17H12ClN5OS. The fraction of sp³-hybridized carbons (Fsp3) is 0.0588. The van der Waals surface area contributed by atoms with Crippen LogP contribution in [-0.4, -0.2) is 25.8 Å². The van der Waals surface area contributed by atoms with Gasteiger partial charge in [-0.05, 0) is 16.3 Å². The lowest BCUT2D eigenvalue weighted by molar-refractivity contribution is 0.248. The number of primary amides is 1. The molecule has 4 rings (SSSR count). The Morgan fingerprint density at radius 3 is 2.76 bits per heavy atom. The smallest absolute Gasteiger partial charge is 0.341 e. The molecule has 2 N–H and O–H groups in total. The summed E-state index contributed by atoms with van der Waals surface area (Å²) in [5, 5.41) is 7.48.